The first-order chi connectivity index (χ1) is 8.05. The van der Waals surface area contributed by atoms with Gasteiger partial charge in [0, 0.05) is 0 Å². The quantitative estimate of drug-likeness (QED) is 0.427. The highest BCUT2D eigenvalue weighted by atomic mass is 14.2. The summed E-state index contributed by atoms with van der Waals surface area (Å²) in [5, 5.41) is 0. The second-order valence-electron chi connectivity index (χ2n) is 8.26. The maximum Gasteiger partial charge on any atom is 0.106 e. The van der Waals surface area contributed by atoms with Gasteiger partial charge in [0.05, 0.1) is 0 Å². The van der Waals surface area contributed by atoms with Crippen LogP contribution in [0.1, 0.15) is 73.6 Å². The van der Waals surface area contributed by atoms with Crippen LogP contribution in [0.15, 0.2) is 12.2 Å². The van der Waals surface area contributed by atoms with Gasteiger partial charge in [-0.15, -0.1) is 6.58 Å². The van der Waals surface area contributed by atoms with E-state index in [1.807, 2.05) is 0 Å². The molecule has 0 aromatic rings. The van der Waals surface area contributed by atoms with Crippen molar-refractivity contribution in [3.63, 3.8) is 0 Å². The van der Waals surface area contributed by atoms with Crippen molar-refractivity contribution in [3.05, 3.63) is 12.2 Å². The maximum absolute atomic E-state index is 4.29. The van der Waals surface area contributed by atoms with Crippen LogP contribution in [-0.4, -0.2) is 7.85 Å². The molecule has 1 unspecified atom stereocenters. The van der Waals surface area contributed by atoms with Crippen molar-refractivity contribution in [2.45, 2.75) is 80.0 Å². The Bertz CT molecular complexity index is 239. The molecule has 0 aliphatic rings. The van der Waals surface area contributed by atoms with Gasteiger partial charge in [-0.25, -0.2) is 0 Å². The van der Waals surface area contributed by atoms with Gasteiger partial charge in [0.1, 0.15) is 7.85 Å². The van der Waals surface area contributed by atoms with E-state index in [1.165, 1.54) is 37.7 Å². The Kier molecular flexibility index (Phi) is 7.33. The standard InChI is InChI=1S/C17H35B/c1-14(13-18)15(10-12-17(5,6)7)9-8-11-16(2,3)4/h15H,1,8-13,18H2,2-7H3. The number of allylic oxidation sites excluding steroid dienone is 1. The van der Waals surface area contributed by atoms with Crippen LogP contribution in [0.25, 0.3) is 0 Å². The zero-order chi connectivity index (χ0) is 14.4. The van der Waals surface area contributed by atoms with E-state index in [4.69, 9.17) is 0 Å². The van der Waals surface area contributed by atoms with E-state index in [-0.39, 0.29) is 0 Å². The fraction of sp³-hybridized carbons (Fsp3) is 0.882. The molecule has 0 radical (unpaired) electrons. The number of hydrogen-bond donors (Lipinski definition) is 0. The molecule has 0 aromatic heterocycles. The second-order valence-corrected chi connectivity index (χ2v) is 8.26. The molecular formula is C17H35B. The van der Waals surface area contributed by atoms with Gasteiger partial charge in [0.25, 0.3) is 0 Å². The summed E-state index contributed by atoms with van der Waals surface area (Å²) >= 11 is 0. The maximum atomic E-state index is 4.29. The molecule has 0 heterocycles. The largest absolute Gasteiger partial charge is 0.106 e. The highest BCUT2D eigenvalue weighted by molar-refractivity contribution is 6.10. The molecule has 0 spiro atoms. The number of hydrogen-bond acceptors (Lipinski definition) is 0. The average Bonchev–Trinajstić information content (AvgIpc) is 2.19. The highest BCUT2D eigenvalue weighted by Gasteiger charge is 2.18. The van der Waals surface area contributed by atoms with E-state index >= 15 is 0 Å². The van der Waals surface area contributed by atoms with Crippen molar-refractivity contribution in [2.75, 3.05) is 0 Å². The third kappa shape index (κ3) is 9.80. The molecule has 0 N–H and O–H groups in total. The molecule has 0 nitrogen and oxygen atoms in total. The molecule has 0 aromatic carbocycles. The first-order valence-electron chi connectivity index (χ1n) is 7.73. The van der Waals surface area contributed by atoms with E-state index in [0.29, 0.717) is 10.8 Å². The molecule has 106 valence electrons. The van der Waals surface area contributed by atoms with E-state index in [9.17, 15) is 0 Å². The minimum Gasteiger partial charge on any atom is -0.100 e. The SMILES string of the molecule is BCC(=C)C(CCCC(C)(C)C)CCC(C)(C)C. The third-order valence-electron chi connectivity index (χ3n) is 3.75. The number of rotatable bonds is 7. The van der Waals surface area contributed by atoms with Crippen LogP contribution < -0.4 is 0 Å². The van der Waals surface area contributed by atoms with Crippen molar-refractivity contribution < 1.29 is 0 Å². The molecule has 0 saturated carbocycles. The van der Waals surface area contributed by atoms with Crippen LogP contribution in [0.2, 0.25) is 6.32 Å². The summed E-state index contributed by atoms with van der Waals surface area (Å²) in [4.78, 5) is 0. The summed E-state index contributed by atoms with van der Waals surface area (Å²) in [6, 6.07) is 0. The lowest BCUT2D eigenvalue weighted by atomic mass is 9.78. The minimum absolute atomic E-state index is 0.455. The Morgan fingerprint density at radius 3 is 1.83 bits per heavy atom. The molecule has 0 bridgehead atoms. The van der Waals surface area contributed by atoms with Crippen LogP contribution in [0, 0.1) is 16.7 Å². The van der Waals surface area contributed by atoms with Crippen LogP contribution >= 0.6 is 0 Å². The molecule has 0 aliphatic heterocycles. The Labute approximate surface area is 117 Å². The van der Waals surface area contributed by atoms with E-state index in [2.05, 4.69) is 56.0 Å². The van der Waals surface area contributed by atoms with Crippen LogP contribution in [0.3, 0.4) is 0 Å². The van der Waals surface area contributed by atoms with Crippen molar-refractivity contribution >= 4 is 7.85 Å². The van der Waals surface area contributed by atoms with Crippen LogP contribution in [0.5, 0.6) is 0 Å². The van der Waals surface area contributed by atoms with Gasteiger partial charge in [-0.1, -0.05) is 59.9 Å². The van der Waals surface area contributed by atoms with Gasteiger partial charge in [-0.3, -0.25) is 0 Å². The zero-order valence-electron chi connectivity index (χ0n) is 14.0. The van der Waals surface area contributed by atoms with Crippen molar-refractivity contribution in [2.24, 2.45) is 16.7 Å². The monoisotopic (exact) mass is 250 g/mol. The minimum atomic E-state index is 0.455. The molecule has 0 aliphatic carbocycles. The molecule has 0 rings (SSSR count). The normalized spacial score (nSPS) is 14.6. The summed E-state index contributed by atoms with van der Waals surface area (Å²) in [7, 11) is 2.25. The molecule has 0 fully saturated rings. The summed E-state index contributed by atoms with van der Waals surface area (Å²) in [5.74, 6) is 0.747. The van der Waals surface area contributed by atoms with Gasteiger partial charge in [-0.2, -0.15) is 0 Å². The lowest BCUT2D eigenvalue weighted by Gasteiger charge is -2.26. The van der Waals surface area contributed by atoms with Gasteiger partial charge in [0.2, 0.25) is 0 Å². The molecular weight excluding hydrogens is 215 g/mol. The van der Waals surface area contributed by atoms with Gasteiger partial charge in [0.15, 0.2) is 0 Å². The molecule has 1 heteroatoms. The molecule has 18 heavy (non-hydrogen) atoms. The van der Waals surface area contributed by atoms with Crippen molar-refractivity contribution in [1.82, 2.24) is 0 Å². The first-order valence-corrected chi connectivity index (χ1v) is 7.73. The Morgan fingerprint density at radius 1 is 0.944 bits per heavy atom. The lowest BCUT2D eigenvalue weighted by Crippen LogP contribution is -2.12. The predicted molar refractivity (Wildman–Crippen MR) is 88.0 cm³/mol. The molecule has 0 amide bonds. The summed E-state index contributed by atoms with van der Waals surface area (Å²) in [6.45, 7) is 18.3. The summed E-state index contributed by atoms with van der Waals surface area (Å²) in [5.41, 5.74) is 2.39. The summed E-state index contributed by atoms with van der Waals surface area (Å²) < 4.78 is 0. The Hall–Kier alpha value is -0.195. The van der Waals surface area contributed by atoms with E-state index in [0.717, 1.165) is 12.2 Å². The second kappa shape index (κ2) is 7.41. The van der Waals surface area contributed by atoms with Crippen LogP contribution in [0.4, 0.5) is 0 Å². The Morgan fingerprint density at radius 2 is 1.44 bits per heavy atom. The van der Waals surface area contributed by atoms with Crippen LogP contribution in [-0.2, 0) is 0 Å². The van der Waals surface area contributed by atoms with Gasteiger partial charge >= 0.3 is 0 Å². The average molecular weight is 250 g/mol. The third-order valence-corrected chi connectivity index (χ3v) is 3.75. The summed E-state index contributed by atoms with van der Waals surface area (Å²) in [6.07, 6.45) is 7.78. The predicted octanol–water partition coefficient (Wildman–Crippen LogP) is 5.25. The zero-order valence-corrected chi connectivity index (χ0v) is 14.0. The molecule has 1 atom stereocenters. The molecule has 0 saturated heterocycles. The topological polar surface area (TPSA) is 0 Å². The van der Waals surface area contributed by atoms with Gasteiger partial charge < -0.3 is 0 Å². The highest BCUT2D eigenvalue weighted by Crippen LogP contribution is 2.32. The fourth-order valence-electron chi connectivity index (χ4n) is 2.33. The van der Waals surface area contributed by atoms with E-state index in [1.54, 1.807) is 0 Å². The van der Waals surface area contributed by atoms with Gasteiger partial charge in [-0.05, 0) is 42.4 Å². The van der Waals surface area contributed by atoms with E-state index < -0.39 is 0 Å². The Balaban J connectivity index is 4.21. The smallest absolute Gasteiger partial charge is 0.100 e. The fourth-order valence-corrected chi connectivity index (χ4v) is 2.33. The van der Waals surface area contributed by atoms with Crippen molar-refractivity contribution in [3.8, 4) is 0 Å². The van der Waals surface area contributed by atoms with Crippen molar-refractivity contribution in [1.29, 1.82) is 0 Å². The lowest BCUT2D eigenvalue weighted by molar-refractivity contribution is 0.308. The first kappa shape index (κ1) is 17.8.